The smallest absolute Gasteiger partial charge is 0.260 e. The topological polar surface area (TPSA) is 82.3 Å². The lowest BCUT2D eigenvalue weighted by atomic mass is 9.93. The molecule has 6 nitrogen and oxygen atoms in total. The number of carbonyl (C=O) groups is 2. The molecule has 1 aliphatic rings. The van der Waals surface area contributed by atoms with Crippen molar-refractivity contribution >= 4 is 11.8 Å². The van der Waals surface area contributed by atoms with Gasteiger partial charge in [0.25, 0.3) is 11.5 Å². The van der Waals surface area contributed by atoms with Crippen LogP contribution in [-0.2, 0) is 4.79 Å². The summed E-state index contributed by atoms with van der Waals surface area (Å²) in [6.45, 7) is 3.25. The average Bonchev–Trinajstić information content (AvgIpc) is 2.70. The zero-order valence-corrected chi connectivity index (χ0v) is 15.5. The Morgan fingerprint density at radius 2 is 1.85 bits per heavy atom. The number of rotatable bonds is 5. The number of H-pyrrole nitrogens is 1. The number of amides is 2. The molecule has 2 N–H and O–H groups in total. The minimum absolute atomic E-state index is 0.0297. The van der Waals surface area contributed by atoms with Crippen LogP contribution in [0, 0.1) is 0 Å². The molecule has 142 valence electrons. The van der Waals surface area contributed by atoms with E-state index in [0.29, 0.717) is 25.9 Å². The number of likely N-dealkylation sites (tertiary alicyclic amines) is 1. The van der Waals surface area contributed by atoms with Crippen molar-refractivity contribution < 1.29 is 9.59 Å². The number of aromatic nitrogens is 1. The van der Waals surface area contributed by atoms with Crippen LogP contribution < -0.4 is 10.9 Å². The Hall–Kier alpha value is -2.89. The fraction of sp³-hybridized carbons (Fsp3) is 0.381. The molecule has 1 saturated heterocycles. The largest absolute Gasteiger partial charge is 0.349 e. The van der Waals surface area contributed by atoms with E-state index >= 15 is 0 Å². The van der Waals surface area contributed by atoms with Crippen molar-refractivity contribution in [2.75, 3.05) is 13.1 Å². The zero-order chi connectivity index (χ0) is 19.2. The number of hydrogen-bond donors (Lipinski definition) is 2. The minimum Gasteiger partial charge on any atom is -0.349 e. The van der Waals surface area contributed by atoms with Crippen LogP contribution in [0.25, 0.3) is 0 Å². The highest BCUT2D eigenvalue weighted by atomic mass is 16.2. The van der Waals surface area contributed by atoms with E-state index in [1.807, 2.05) is 42.2 Å². The maximum absolute atomic E-state index is 12.9. The summed E-state index contributed by atoms with van der Waals surface area (Å²) in [5.74, 6) is -0.342. The van der Waals surface area contributed by atoms with Crippen molar-refractivity contribution in [2.45, 2.75) is 38.1 Å². The number of nitrogens with zero attached hydrogens (tertiary/aromatic N) is 1. The Morgan fingerprint density at radius 3 is 2.48 bits per heavy atom. The summed E-state index contributed by atoms with van der Waals surface area (Å²) in [6.07, 6.45) is 3.64. The molecule has 1 atom stereocenters. The molecule has 0 aliphatic carbocycles. The average molecular weight is 367 g/mol. The third kappa shape index (κ3) is 4.45. The highest BCUT2D eigenvalue weighted by Gasteiger charge is 2.29. The molecule has 2 heterocycles. The third-order valence-electron chi connectivity index (χ3n) is 5.11. The van der Waals surface area contributed by atoms with Crippen LogP contribution in [-0.4, -0.2) is 40.8 Å². The van der Waals surface area contributed by atoms with Gasteiger partial charge in [0.1, 0.15) is 5.56 Å². The Morgan fingerprint density at radius 1 is 1.15 bits per heavy atom. The number of nitrogens with one attached hydrogen (secondary N) is 2. The number of carbonyl (C=O) groups excluding carboxylic acids is 2. The van der Waals surface area contributed by atoms with Gasteiger partial charge < -0.3 is 15.2 Å². The molecule has 0 spiro atoms. The van der Waals surface area contributed by atoms with E-state index in [-0.39, 0.29) is 29.3 Å². The van der Waals surface area contributed by atoms with Crippen LogP contribution in [0.4, 0.5) is 0 Å². The fourth-order valence-corrected chi connectivity index (χ4v) is 3.57. The van der Waals surface area contributed by atoms with Crippen LogP contribution in [0.2, 0.25) is 0 Å². The number of hydrogen-bond acceptors (Lipinski definition) is 3. The molecular formula is C21H25N3O3. The van der Waals surface area contributed by atoms with Crippen molar-refractivity contribution in [1.82, 2.24) is 15.2 Å². The molecule has 0 radical (unpaired) electrons. The van der Waals surface area contributed by atoms with Gasteiger partial charge in [-0.1, -0.05) is 37.3 Å². The molecule has 0 unspecified atom stereocenters. The molecule has 2 amide bonds. The van der Waals surface area contributed by atoms with Gasteiger partial charge in [-0.2, -0.15) is 0 Å². The highest BCUT2D eigenvalue weighted by Crippen LogP contribution is 2.24. The van der Waals surface area contributed by atoms with Crippen molar-refractivity contribution in [2.24, 2.45) is 0 Å². The summed E-state index contributed by atoms with van der Waals surface area (Å²) >= 11 is 0. The van der Waals surface area contributed by atoms with Crippen molar-refractivity contribution in [3.8, 4) is 0 Å². The van der Waals surface area contributed by atoms with Crippen LogP contribution in [0.15, 0.2) is 53.5 Å². The lowest BCUT2D eigenvalue weighted by Gasteiger charge is -2.34. The summed E-state index contributed by atoms with van der Waals surface area (Å²) in [4.78, 5) is 41.3. The van der Waals surface area contributed by atoms with Gasteiger partial charge in [-0.15, -0.1) is 0 Å². The first-order chi connectivity index (χ1) is 13.1. The fourth-order valence-electron chi connectivity index (χ4n) is 3.57. The van der Waals surface area contributed by atoms with E-state index in [1.54, 1.807) is 6.07 Å². The second-order valence-corrected chi connectivity index (χ2v) is 6.86. The molecular weight excluding hydrogens is 342 g/mol. The van der Waals surface area contributed by atoms with Gasteiger partial charge >= 0.3 is 0 Å². The maximum atomic E-state index is 12.9. The summed E-state index contributed by atoms with van der Waals surface area (Å²) in [6, 6.07) is 13.0. The van der Waals surface area contributed by atoms with Crippen molar-refractivity contribution in [3.63, 3.8) is 0 Å². The maximum Gasteiger partial charge on any atom is 0.260 e. The number of aromatic amines is 1. The van der Waals surface area contributed by atoms with Gasteiger partial charge in [0.15, 0.2) is 0 Å². The number of piperidine rings is 1. The monoisotopic (exact) mass is 367 g/mol. The van der Waals surface area contributed by atoms with E-state index in [9.17, 15) is 14.4 Å². The first-order valence-corrected chi connectivity index (χ1v) is 9.42. The van der Waals surface area contributed by atoms with Crippen molar-refractivity contribution in [1.29, 1.82) is 0 Å². The van der Waals surface area contributed by atoms with Crippen LogP contribution >= 0.6 is 0 Å². The second kappa shape index (κ2) is 8.66. The third-order valence-corrected chi connectivity index (χ3v) is 5.11. The predicted molar refractivity (Wildman–Crippen MR) is 104 cm³/mol. The highest BCUT2D eigenvalue weighted by molar-refractivity contribution is 5.94. The SMILES string of the molecule is CC[C@@H](C(=O)N1CCC(NC(=O)c2ccc[nH]c2=O)CC1)c1ccccc1. The van der Waals surface area contributed by atoms with E-state index < -0.39 is 5.56 Å². The Balaban J connectivity index is 1.57. The second-order valence-electron chi connectivity index (χ2n) is 6.86. The first-order valence-electron chi connectivity index (χ1n) is 9.42. The van der Waals surface area contributed by atoms with Gasteiger partial charge in [-0.25, -0.2) is 0 Å². The molecule has 0 saturated carbocycles. The molecule has 27 heavy (non-hydrogen) atoms. The minimum atomic E-state index is -0.392. The summed E-state index contributed by atoms with van der Waals surface area (Å²) in [5.41, 5.74) is 0.770. The normalized spacial score (nSPS) is 16.0. The van der Waals surface area contributed by atoms with Gasteiger partial charge in [-0.3, -0.25) is 14.4 Å². The molecule has 1 fully saturated rings. The molecule has 1 aromatic carbocycles. The van der Waals surface area contributed by atoms with E-state index in [2.05, 4.69) is 10.3 Å². The molecule has 1 aliphatic heterocycles. The standard InChI is InChI=1S/C21H25N3O3/c1-2-17(15-7-4-3-5-8-15)21(27)24-13-10-16(11-14-24)23-20(26)18-9-6-12-22-19(18)25/h3-9,12,16-17H,2,10-11,13-14H2,1H3,(H,22,25)(H,23,26)/t17-/m1/s1. The van der Waals surface area contributed by atoms with Crippen LogP contribution in [0.1, 0.15) is 48.0 Å². The number of pyridine rings is 1. The van der Waals surface area contributed by atoms with Gasteiger partial charge in [0.05, 0.1) is 5.92 Å². The Kier molecular flexibility index (Phi) is 6.06. The Labute approximate surface area is 158 Å². The summed E-state index contributed by atoms with van der Waals surface area (Å²) in [5, 5.41) is 2.91. The zero-order valence-electron chi connectivity index (χ0n) is 15.5. The predicted octanol–water partition coefficient (Wildman–Crippen LogP) is 2.29. The number of benzene rings is 1. The van der Waals surface area contributed by atoms with Crippen LogP contribution in [0.5, 0.6) is 0 Å². The quantitative estimate of drug-likeness (QED) is 0.851. The van der Waals surface area contributed by atoms with E-state index in [1.165, 1.54) is 12.3 Å². The van der Waals surface area contributed by atoms with Crippen molar-refractivity contribution in [3.05, 3.63) is 70.1 Å². The lowest BCUT2D eigenvalue weighted by Crippen LogP contribution is -2.48. The van der Waals surface area contributed by atoms with Gasteiger partial charge in [0, 0.05) is 25.3 Å². The Bertz CT molecular complexity index is 839. The lowest BCUT2D eigenvalue weighted by molar-refractivity contribution is -0.134. The molecule has 2 aromatic rings. The van der Waals surface area contributed by atoms with E-state index in [4.69, 9.17) is 0 Å². The molecule has 3 rings (SSSR count). The van der Waals surface area contributed by atoms with Gasteiger partial charge in [0.2, 0.25) is 5.91 Å². The van der Waals surface area contributed by atoms with Crippen LogP contribution in [0.3, 0.4) is 0 Å². The molecule has 6 heteroatoms. The molecule has 1 aromatic heterocycles. The first kappa shape index (κ1) is 18.9. The summed E-state index contributed by atoms with van der Waals surface area (Å²) in [7, 11) is 0. The van der Waals surface area contributed by atoms with Gasteiger partial charge in [-0.05, 0) is 37.0 Å². The van der Waals surface area contributed by atoms with E-state index in [0.717, 1.165) is 12.0 Å². The summed E-state index contributed by atoms with van der Waals surface area (Å²) < 4.78 is 0. The molecule has 0 bridgehead atoms.